The highest BCUT2D eigenvalue weighted by Crippen LogP contribution is 2.34. The van der Waals surface area contributed by atoms with Gasteiger partial charge in [0.05, 0.1) is 6.42 Å². The Balaban J connectivity index is 0.00000249. The Morgan fingerprint density at radius 2 is 1.78 bits per heavy atom. The predicted molar refractivity (Wildman–Crippen MR) is 129 cm³/mol. The van der Waals surface area contributed by atoms with Gasteiger partial charge in [-0.05, 0) is 41.0 Å². The summed E-state index contributed by atoms with van der Waals surface area (Å²) in [6.07, 6.45) is -3.63. The van der Waals surface area contributed by atoms with Crippen molar-refractivity contribution in [2.75, 3.05) is 11.5 Å². The fraction of sp³-hybridized carbons (Fsp3) is 0.348. The Hall–Kier alpha value is -1.67. The summed E-state index contributed by atoms with van der Waals surface area (Å²) in [7, 11) is 0. The molecule has 0 fully saturated rings. The van der Waals surface area contributed by atoms with Gasteiger partial charge >= 0.3 is 12.1 Å². The fourth-order valence-corrected chi connectivity index (χ4v) is 4.10. The Morgan fingerprint density at radius 1 is 1.16 bits per heavy atom. The van der Waals surface area contributed by atoms with Crippen molar-refractivity contribution in [1.29, 1.82) is 0 Å². The molecule has 9 heteroatoms. The number of aliphatic carboxylic acids is 1. The lowest BCUT2D eigenvalue weighted by Gasteiger charge is -2.13. The summed E-state index contributed by atoms with van der Waals surface area (Å²) >= 11 is 13.4. The molecule has 3 N–H and O–H groups in total. The monoisotopic (exact) mass is 507 g/mol. The van der Waals surface area contributed by atoms with Gasteiger partial charge in [-0.3, -0.25) is 4.79 Å². The molecule has 0 spiro atoms. The van der Waals surface area contributed by atoms with Crippen molar-refractivity contribution in [2.45, 2.75) is 38.9 Å². The number of halogens is 5. The normalized spacial score (nSPS) is 12.7. The van der Waals surface area contributed by atoms with Crippen LogP contribution in [0, 0.1) is 0 Å². The summed E-state index contributed by atoms with van der Waals surface area (Å²) in [5, 5.41) is 9.71. The van der Waals surface area contributed by atoms with E-state index < -0.39 is 24.6 Å². The Labute approximate surface area is 200 Å². The van der Waals surface area contributed by atoms with Crippen LogP contribution in [0.2, 0.25) is 10.0 Å². The van der Waals surface area contributed by atoms with E-state index in [1.165, 1.54) is 17.8 Å². The molecule has 176 valence electrons. The van der Waals surface area contributed by atoms with E-state index in [0.29, 0.717) is 27.1 Å². The number of carbonyl (C=O) groups is 1. The van der Waals surface area contributed by atoms with Gasteiger partial charge in [0.25, 0.3) is 0 Å². The first kappa shape index (κ1) is 28.4. The molecular weight excluding hydrogens is 482 g/mol. The average Bonchev–Trinajstić information content (AvgIpc) is 2.73. The third-order valence-corrected chi connectivity index (χ3v) is 5.70. The van der Waals surface area contributed by atoms with Crippen molar-refractivity contribution in [3.05, 3.63) is 64.1 Å². The summed E-state index contributed by atoms with van der Waals surface area (Å²) in [4.78, 5) is 10.7. The second kappa shape index (κ2) is 13.8. The zero-order chi connectivity index (χ0) is 24.3. The topological polar surface area (TPSA) is 63.3 Å². The van der Waals surface area contributed by atoms with Crippen molar-refractivity contribution in [3.63, 3.8) is 0 Å². The third kappa shape index (κ3) is 9.86. The van der Waals surface area contributed by atoms with Crippen LogP contribution in [-0.4, -0.2) is 34.8 Å². The first-order valence-electron chi connectivity index (χ1n) is 9.94. The van der Waals surface area contributed by atoms with Crippen LogP contribution in [0.3, 0.4) is 0 Å². The highest BCUT2D eigenvalue weighted by Gasteiger charge is 2.29. The molecule has 3 nitrogen and oxygen atoms in total. The molecular formula is C23H26Cl2F3NO2S. The van der Waals surface area contributed by atoms with Gasteiger partial charge in [-0.1, -0.05) is 73.5 Å². The summed E-state index contributed by atoms with van der Waals surface area (Å²) in [5.41, 5.74) is 7.54. The Kier molecular flexibility index (Phi) is 12.2. The number of hydrogen-bond donors (Lipinski definition) is 2. The molecule has 2 aromatic carbocycles. The minimum Gasteiger partial charge on any atom is -0.480 e. The van der Waals surface area contributed by atoms with E-state index in [9.17, 15) is 18.0 Å². The van der Waals surface area contributed by atoms with Gasteiger partial charge in [-0.25, -0.2) is 0 Å². The second-order valence-corrected chi connectivity index (χ2v) is 8.52. The van der Waals surface area contributed by atoms with Crippen LogP contribution in [0.4, 0.5) is 13.2 Å². The van der Waals surface area contributed by atoms with Crippen molar-refractivity contribution < 1.29 is 23.1 Å². The van der Waals surface area contributed by atoms with Crippen molar-refractivity contribution in [2.24, 2.45) is 5.73 Å². The maximum absolute atomic E-state index is 13.0. The highest BCUT2D eigenvalue weighted by atomic mass is 35.5. The summed E-state index contributed by atoms with van der Waals surface area (Å²) < 4.78 is 39.1. The number of carboxylic acid groups (broad SMARTS) is 1. The maximum Gasteiger partial charge on any atom is 0.393 e. The molecule has 0 radical (unpaired) electrons. The molecule has 0 bridgehead atoms. The number of hydrogen-bond acceptors (Lipinski definition) is 3. The van der Waals surface area contributed by atoms with Crippen LogP contribution in [0.25, 0.3) is 16.7 Å². The minimum atomic E-state index is -4.35. The molecule has 0 saturated heterocycles. The lowest BCUT2D eigenvalue weighted by Crippen LogP contribution is -2.30. The average molecular weight is 508 g/mol. The molecule has 0 heterocycles. The van der Waals surface area contributed by atoms with E-state index in [4.69, 9.17) is 34.0 Å². The molecule has 2 aromatic rings. The standard InChI is InChI=1S/C21H20Cl2F3NO2S.C2H6/c22-16-5-6-17(18(23)11-16)14-3-1-13(2-4-14)15(12-21(24,25)26)7-9-30-10-8-19(27)20(28)29;1-2/h1-7,11,19H,8-10,12,27H2,(H,28,29);1-2H3/b15-7+;. The molecule has 2 rings (SSSR count). The zero-order valence-corrected chi connectivity index (χ0v) is 20.1. The van der Waals surface area contributed by atoms with Gasteiger partial charge in [0, 0.05) is 21.4 Å². The van der Waals surface area contributed by atoms with Gasteiger partial charge in [-0.15, -0.1) is 0 Å². The number of alkyl halides is 3. The van der Waals surface area contributed by atoms with Crippen LogP contribution >= 0.6 is 35.0 Å². The van der Waals surface area contributed by atoms with Crippen LogP contribution in [0.15, 0.2) is 48.5 Å². The second-order valence-electron chi connectivity index (χ2n) is 6.53. The molecule has 0 saturated carbocycles. The van der Waals surface area contributed by atoms with Gasteiger partial charge in [0.15, 0.2) is 0 Å². The molecule has 32 heavy (non-hydrogen) atoms. The molecule has 0 aliphatic rings. The van der Waals surface area contributed by atoms with Crippen molar-refractivity contribution in [3.8, 4) is 11.1 Å². The van der Waals surface area contributed by atoms with Crippen LogP contribution in [-0.2, 0) is 4.79 Å². The summed E-state index contributed by atoms with van der Waals surface area (Å²) in [6, 6.07) is 10.8. The largest absolute Gasteiger partial charge is 0.480 e. The number of rotatable bonds is 9. The molecule has 0 aliphatic heterocycles. The fourth-order valence-electron chi connectivity index (χ4n) is 2.67. The number of thioether (sulfide) groups is 1. The maximum atomic E-state index is 13.0. The number of carboxylic acids is 1. The van der Waals surface area contributed by atoms with E-state index in [1.54, 1.807) is 42.5 Å². The lowest BCUT2D eigenvalue weighted by molar-refractivity contribution is -0.138. The lowest BCUT2D eigenvalue weighted by atomic mass is 9.98. The predicted octanol–water partition coefficient (Wildman–Crippen LogP) is 7.56. The Morgan fingerprint density at radius 3 is 2.31 bits per heavy atom. The van der Waals surface area contributed by atoms with Gasteiger partial charge in [-0.2, -0.15) is 24.9 Å². The van der Waals surface area contributed by atoms with Crippen LogP contribution < -0.4 is 5.73 Å². The van der Waals surface area contributed by atoms with Gasteiger partial charge in [0.1, 0.15) is 6.04 Å². The van der Waals surface area contributed by atoms with E-state index in [1.807, 2.05) is 13.8 Å². The molecule has 1 atom stereocenters. The molecule has 0 aliphatic carbocycles. The number of allylic oxidation sites excluding steroid dienone is 1. The van der Waals surface area contributed by atoms with Gasteiger partial charge in [0.2, 0.25) is 0 Å². The number of nitrogens with two attached hydrogens (primary N) is 1. The van der Waals surface area contributed by atoms with Crippen molar-refractivity contribution >= 4 is 46.5 Å². The van der Waals surface area contributed by atoms with E-state index >= 15 is 0 Å². The van der Waals surface area contributed by atoms with Crippen LogP contribution in [0.5, 0.6) is 0 Å². The number of benzene rings is 2. The summed E-state index contributed by atoms with van der Waals surface area (Å²) in [6.45, 7) is 4.00. The highest BCUT2D eigenvalue weighted by molar-refractivity contribution is 7.99. The van der Waals surface area contributed by atoms with E-state index in [0.717, 1.165) is 11.1 Å². The van der Waals surface area contributed by atoms with Crippen molar-refractivity contribution in [1.82, 2.24) is 0 Å². The van der Waals surface area contributed by atoms with E-state index in [2.05, 4.69) is 0 Å². The zero-order valence-electron chi connectivity index (χ0n) is 17.8. The van der Waals surface area contributed by atoms with Crippen LogP contribution in [0.1, 0.15) is 32.3 Å². The van der Waals surface area contributed by atoms with Gasteiger partial charge < -0.3 is 10.8 Å². The SMILES string of the molecule is CC.NC(CCSC/C=C(\CC(F)(F)F)c1ccc(-c2ccc(Cl)cc2Cl)cc1)C(=O)O. The first-order chi connectivity index (χ1) is 15.1. The minimum absolute atomic E-state index is 0.159. The third-order valence-electron chi connectivity index (χ3n) is 4.23. The molecule has 1 unspecified atom stereocenters. The summed E-state index contributed by atoms with van der Waals surface area (Å²) in [5.74, 6) is -0.329. The first-order valence-corrected chi connectivity index (χ1v) is 11.9. The molecule has 0 aromatic heterocycles. The smallest absolute Gasteiger partial charge is 0.393 e. The molecule has 0 amide bonds. The van der Waals surface area contributed by atoms with E-state index in [-0.39, 0.29) is 12.0 Å². The Bertz CT molecular complexity index is 903. The quantitative estimate of drug-likeness (QED) is 0.343.